The number of alkyl halides is 3. The molecule has 0 bridgehead atoms. The summed E-state index contributed by atoms with van der Waals surface area (Å²) in [4.78, 5) is 29.5. The number of aromatic nitrogens is 3. The number of pyridine rings is 1. The van der Waals surface area contributed by atoms with Crippen LogP contribution in [0.5, 0.6) is 0 Å². The number of thioether (sulfide) groups is 1. The van der Waals surface area contributed by atoms with E-state index in [1.54, 1.807) is 33.3 Å². The number of hydrogen-bond donors (Lipinski definition) is 1. The molecule has 2 heterocycles. The van der Waals surface area contributed by atoms with Gasteiger partial charge in [0.05, 0.1) is 22.9 Å². The lowest BCUT2D eigenvalue weighted by Crippen LogP contribution is -2.19. The molecule has 160 valence electrons. The first-order valence-corrected chi connectivity index (χ1v) is 10.2. The highest BCUT2D eigenvalue weighted by molar-refractivity contribution is 7.99. The molecule has 0 unspecified atom stereocenters. The van der Waals surface area contributed by atoms with Gasteiger partial charge >= 0.3 is 11.9 Å². The maximum Gasteiger partial charge on any atom is 0.433 e. The number of hydrogen-bond acceptors (Lipinski definition) is 5. The van der Waals surface area contributed by atoms with Crippen molar-refractivity contribution >= 4 is 34.3 Å². The van der Waals surface area contributed by atoms with E-state index in [9.17, 15) is 22.8 Å². The van der Waals surface area contributed by atoms with Crippen molar-refractivity contribution in [2.45, 2.75) is 24.4 Å². The van der Waals surface area contributed by atoms with E-state index in [0.29, 0.717) is 32.9 Å². The number of rotatable bonds is 6. The molecule has 6 nitrogen and oxygen atoms in total. The average molecular weight is 438 g/mol. The molecule has 0 saturated carbocycles. The predicted molar refractivity (Wildman–Crippen MR) is 111 cm³/mol. The molecule has 10 heteroatoms. The molecule has 0 atom stereocenters. The van der Waals surface area contributed by atoms with Gasteiger partial charge in [-0.15, -0.1) is 11.8 Å². The zero-order valence-electron chi connectivity index (χ0n) is 16.9. The number of benzene rings is 1. The third kappa shape index (κ3) is 3.96. The second-order valence-corrected chi connectivity index (χ2v) is 8.05. The number of carbonyl (C=O) groups excluding carboxylic acids is 1. The summed E-state index contributed by atoms with van der Waals surface area (Å²) in [5.41, 5.74) is 0.952. The molecule has 0 amide bonds. The molecule has 0 aliphatic rings. The Morgan fingerprint density at radius 2 is 1.80 bits per heavy atom. The highest BCUT2D eigenvalue weighted by Gasteiger charge is 2.33. The Morgan fingerprint density at radius 1 is 1.17 bits per heavy atom. The minimum absolute atomic E-state index is 0.208. The second-order valence-electron chi connectivity index (χ2n) is 6.75. The molecular formula is C20H21F3N4O2S. The Labute approximate surface area is 175 Å². The normalized spacial score (nSPS) is 11.8. The van der Waals surface area contributed by atoms with Crippen molar-refractivity contribution in [1.29, 1.82) is 0 Å². The minimum atomic E-state index is -4.60. The molecule has 3 aromatic rings. The van der Waals surface area contributed by atoms with Crippen LogP contribution in [0.3, 0.4) is 0 Å². The summed E-state index contributed by atoms with van der Waals surface area (Å²) >= 11 is 1.44. The number of fused-ring (bicyclic) bond motifs is 1. The van der Waals surface area contributed by atoms with Crippen molar-refractivity contribution in [2.75, 3.05) is 18.1 Å². The van der Waals surface area contributed by atoms with Crippen molar-refractivity contribution < 1.29 is 18.0 Å². The lowest BCUT2D eigenvalue weighted by Gasteiger charge is -2.14. The number of Topliss-reactive ketones (excluding diaryl/α,β-unsaturated/α-hetero) is 1. The zero-order valence-corrected chi connectivity index (χ0v) is 17.7. The van der Waals surface area contributed by atoms with Crippen LogP contribution < -0.4 is 11.0 Å². The Morgan fingerprint density at radius 3 is 2.37 bits per heavy atom. The molecule has 0 radical (unpaired) electrons. The van der Waals surface area contributed by atoms with Gasteiger partial charge in [-0.05, 0) is 29.5 Å². The summed E-state index contributed by atoms with van der Waals surface area (Å²) in [6.07, 6.45) is -3.75. The molecule has 0 spiro atoms. The summed E-state index contributed by atoms with van der Waals surface area (Å²) in [6.45, 7) is 1.94. The van der Waals surface area contributed by atoms with Gasteiger partial charge in [0.2, 0.25) is 0 Å². The van der Waals surface area contributed by atoms with Crippen molar-refractivity contribution in [3.8, 4) is 0 Å². The van der Waals surface area contributed by atoms with Crippen molar-refractivity contribution in [3.63, 3.8) is 0 Å². The lowest BCUT2D eigenvalue weighted by atomic mass is 10.0. The molecule has 3 rings (SSSR count). The maximum absolute atomic E-state index is 13.1. The van der Waals surface area contributed by atoms with Gasteiger partial charge in [-0.3, -0.25) is 13.9 Å². The Hall–Kier alpha value is -2.75. The maximum atomic E-state index is 13.1. The quantitative estimate of drug-likeness (QED) is 0.467. The number of imidazole rings is 1. The molecule has 0 saturated heterocycles. The van der Waals surface area contributed by atoms with E-state index in [2.05, 4.69) is 10.3 Å². The van der Waals surface area contributed by atoms with Crippen LogP contribution in [-0.4, -0.2) is 32.7 Å². The van der Waals surface area contributed by atoms with Crippen LogP contribution in [0.2, 0.25) is 0 Å². The number of halogens is 3. The largest absolute Gasteiger partial charge is 0.433 e. The van der Waals surface area contributed by atoms with E-state index >= 15 is 0 Å². The van der Waals surface area contributed by atoms with E-state index < -0.39 is 11.9 Å². The topological polar surface area (TPSA) is 68.9 Å². The number of nitrogens with zero attached hydrogens (tertiary/aromatic N) is 3. The van der Waals surface area contributed by atoms with E-state index in [-0.39, 0.29) is 23.5 Å². The van der Waals surface area contributed by atoms with Crippen molar-refractivity contribution in [2.24, 2.45) is 14.1 Å². The standard InChI is InChI=1S/C20H21F3N4O2S/c1-5-30-17-9-15-14(26(3)19(29)27(15)4)8-12(17)16(28)6-11-7-18(20(21,22)23)25-10-13(11)24-2/h7-10,24H,5-6H2,1-4H3. The van der Waals surface area contributed by atoms with Crippen LogP contribution in [0.4, 0.5) is 18.9 Å². The molecule has 1 aromatic carbocycles. The number of nitrogens with one attached hydrogen (secondary N) is 1. The van der Waals surface area contributed by atoms with Gasteiger partial charge in [0, 0.05) is 38.0 Å². The number of carbonyl (C=O) groups is 1. The highest BCUT2D eigenvalue weighted by atomic mass is 32.2. The fourth-order valence-corrected chi connectivity index (χ4v) is 4.14. The van der Waals surface area contributed by atoms with Gasteiger partial charge in [0.25, 0.3) is 0 Å². The number of anilines is 1. The SMILES string of the molecule is CCSc1cc2c(cc1C(=O)Cc1cc(C(F)(F)F)ncc1NC)n(C)c(=O)n2C. The molecular weight excluding hydrogens is 417 g/mol. The average Bonchev–Trinajstić information content (AvgIpc) is 2.90. The number of ketones is 1. The fourth-order valence-electron chi connectivity index (χ4n) is 3.31. The molecule has 2 aromatic heterocycles. The highest BCUT2D eigenvalue weighted by Crippen LogP contribution is 2.32. The first-order valence-electron chi connectivity index (χ1n) is 9.17. The van der Waals surface area contributed by atoms with Gasteiger partial charge in [0.15, 0.2) is 5.78 Å². The Kier molecular flexibility index (Phi) is 5.98. The van der Waals surface area contributed by atoms with E-state index in [1.165, 1.54) is 20.9 Å². The molecule has 0 fully saturated rings. The summed E-state index contributed by atoms with van der Waals surface area (Å²) < 4.78 is 42.2. The monoisotopic (exact) mass is 438 g/mol. The molecule has 30 heavy (non-hydrogen) atoms. The van der Waals surface area contributed by atoms with Crippen LogP contribution >= 0.6 is 11.8 Å². The van der Waals surface area contributed by atoms with Gasteiger partial charge < -0.3 is 5.32 Å². The fraction of sp³-hybridized carbons (Fsp3) is 0.350. The molecule has 0 aliphatic heterocycles. The van der Waals surface area contributed by atoms with Crippen LogP contribution in [0.1, 0.15) is 28.5 Å². The Bertz CT molecular complexity index is 1180. The van der Waals surface area contributed by atoms with Crippen LogP contribution in [0.15, 0.2) is 34.1 Å². The summed E-state index contributed by atoms with van der Waals surface area (Å²) in [6, 6.07) is 4.32. The summed E-state index contributed by atoms with van der Waals surface area (Å²) in [7, 11) is 4.83. The van der Waals surface area contributed by atoms with Crippen LogP contribution in [-0.2, 0) is 26.7 Å². The van der Waals surface area contributed by atoms with Crippen molar-refractivity contribution in [1.82, 2.24) is 14.1 Å². The minimum Gasteiger partial charge on any atom is -0.387 e. The molecule has 1 N–H and O–H groups in total. The lowest BCUT2D eigenvalue weighted by molar-refractivity contribution is -0.141. The van der Waals surface area contributed by atoms with E-state index in [4.69, 9.17) is 0 Å². The first kappa shape index (κ1) is 21.9. The van der Waals surface area contributed by atoms with E-state index in [0.717, 1.165) is 12.3 Å². The second kappa shape index (κ2) is 8.17. The zero-order chi connectivity index (χ0) is 22.2. The van der Waals surface area contributed by atoms with Crippen LogP contribution in [0.25, 0.3) is 11.0 Å². The predicted octanol–water partition coefficient (Wildman–Crippen LogP) is 3.87. The third-order valence-electron chi connectivity index (χ3n) is 4.87. The number of aryl methyl sites for hydroxylation is 2. The summed E-state index contributed by atoms with van der Waals surface area (Å²) in [5.74, 6) is 0.363. The first-order chi connectivity index (χ1) is 14.1. The smallest absolute Gasteiger partial charge is 0.387 e. The summed E-state index contributed by atoms with van der Waals surface area (Å²) in [5, 5.41) is 2.78. The van der Waals surface area contributed by atoms with Gasteiger partial charge in [-0.2, -0.15) is 13.2 Å². The molecule has 0 aliphatic carbocycles. The van der Waals surface area contributed by atoms with E-state index in [1.807, 2.05) is 6.92 Å². The van der Waals surface area contributed by atoms with Crippen molar-refractivity contribution in [3.05, 3.63) is 51.7 Å². The third-order valence-corrected chi connectivity index (χ3v) is 5.81. The van der Waals surface area contributed by atoms with Gasteiger partial charge in [0.1, 0.15) is 5.69 Å². The van der Waals surface area contributed by atoms with Gasteiger partial charge in [-0.1, -0.05) is 6.92 Å². The van der Waals surface area contributed by atoms with Gasteiger partial charge in [-0.25, -0.2) is 9.78 Å². The van der Waals surface area contributed by atoms with Crippen LogP contribution in [0, 0.1) is 0 Å². The Balaban J connectivity index is 2.10.